The minimum atomic E-state index is -0.700. The highest BCUT2D eigenvalue weighted by atomic mass is 16.6. The van der Waals surface area contributed by atoms with Crippen LogP contribution in [0, 0.1) is 20.2 Å². The zero-order valence-corrected chi connectivity index (χ0v) is 14.3. The van der Waals surface area contributed by atoms with Gasteiger partial charge < -0.3 is 5.32 Å². The molecule has 1 heterocycles. The average molecular weight is 351 g/mol. The van der Waals surface area contributed by atoms with Gasteiger partial charge in [-0.1, -0.05) is 42.5 Å². The molecule has 0 spiro atoms. The van der Waals surface area contributed by atoms with Crippen molar-refractivity contribution < 1.29 is 9.85 Å². The number of nitro benzene ring substituents is 1. The summed E-state index contributed by atoms with van der Waals surface area (Å²) in [4.78, 5) is 22.1. The Morgan fingerprint density at radius 2 is 1.58 bits per heavy atom. The average Bonchev–Trinajstić information content (AvgIpc) is 2.61. The fourth-order valence-corrected chi connectivity index (χ4v) is 3.37. The Bertz CT molecular complexity index is 948. The Labute approximate surface area is 150 Å². The Balaban J connectivity index is 2.26. The first-order valence-electron chi connectivity index (χ1n) is 8.03. The van der Waals surface area contributed by atoms with E-state index in [4.69, 9.17) is 0 Å². The fraction of sp³-hybridized carbons (Fsp3) is 0.158. The lowest BCUT2D eigenvalue weighted by Gasteiger charge is -2.28. The van der Waals surface area contributed by atoms with Crippen molar-refractivity contribution in [1.29, 1.82) is 0 Å². The maximum Gasteiger partial charge on any atom is 0.276 e. The number of nitro groups is 2. The molecular weight excluding hydrogens is 334 g/mol. The van der Waals surface area contributed by atoms with Gasteiger partial charge in [0, 0.05) is 17.8 Å². The van der Waals surface area contributed by atoms with Crippen LogP contribution in [-0.2, 0) is 0 Å². The minimum Gasteiger partial charge on any atom is -0.357 e. The minimum absolute atomic E-state index is 0.00467. The number of hydrogen-bond donors (Lipinski definition) is 1. The van der Waals surface area contributed by atoms with Crippen molar-refractivity contribution in [2.45, 2.75) is 19.8 Å². The highest BCUT2D eigenvalue weighted by Crippen LogP contribution is 2.43. The first kappa shape index (κ1) is 17.3. The third kappa shape index (κ3) is 3.06. The molecule has 2 aromatic carbocycles. The van der Waals surface area contributed by atoms with Crippen LogP contribution < -0.4 is 5.32 Å². The number of rotatable bonds is 4. The zero-order valence-electron chi connectivity index (χ0n) is 14.3. The SMILES string of the molecule is CC1=C(c2ccccc2)C(c2cccc([N+](=O)[O-])c2)C([N+](=O)[O-])=C(C)N1. The molecule has 7 nitrogen and oxygen atoms in total. The van der Waals surface area contributed by atoms with Crippen LogP contribution in [0.2, 0.25) is 0 Å². The second-order valence-electron chi connectivity index (χ2n) is 6.08. The molecule has 1 unspecified atom stereocenters. The normalized spacial score (nSPS) is 17.1. The topological polar surface area (TPSA) is 98.3 Å². The second-order valence-corrected chi connectivity index (χ2v) is 6.08. The highest BCUT2D eigenvalue weighted by molar-refractivity contribution is 5.78. The molecule has 1 aliphatic heterocycles. The Hall–Kier alpha value is -3.48. The fourth-order valence-electron chi connectivity index (χ4n) is 3.37. The molecule has 1 aliphatic rings. The molecule has 132 valence electrons. The Morgan fingerprint density at radius 3 is 2.19 bits per heavy atom. The van der Waals surface area contributed by atoms with Crippen LogP contribution >= 0.6 is 0 Å². The first-order valence-corrected chi connectivity index (χ1v) is 8.03. The molecule has 0 radical (unpaired) electrons. The van der Waals surface area contributed by atoms with Crippen molar-refractivity contribution >= 4 is 11.3 Å². The third-order valence-electron chi connectivity index (χ3n) is 4.42. The van der Waals surface area contributed by atoms with Crippen molar-refractivity contribution in [1.82, 2.24) is 5.32 Å². The van der Waals surface area contributed by atoms with Gasteiger partial charge in [0.2, 0.25) is 0 Å². The van der Waals surface area contributed by atoms with Crippen LogP contribution in [0.5, 0.6) is 0 Å². The number of nitrogens with one attached hydrogen (secondary N) is 1. The van der Waals surface area contributed by atoms with E-state index in [0.29, 0.717) is 11.3 Å². The highest BCUT2D eigenvalue weighted by Gasteiger charge is 2.38. The molecule has 0 saturated carbocycles. The van der Waals surface area contributed by atoms with Gasteiger partial charge in [-0.25, -0.2) is 0 Å². The molecule has 26 heavy (non-hydrogen) atoms. The maximum atomic E-state index is 11.8. The summed E-state index contributed by atoms with van der Waals surface area (Å²) in [6.07, 6.45) is 0. The second kappa shape index (κ2) is 6.79. The van der Waals surface area contributed by atoms with Gasteiger partial charge in [-0.2, -0.15) is 0 Å². The molecule has 0 aromatic heterocycles. The molecule has 1 atom stereocenters. The van der Waals surface area contributed by atoms with E-state index < -0.39 is 15.8 Å². The molecule has 0 saturated heterocycles. The quantitative estimate of drug-likeness (QED) is 0.657. The van der Waals surface area contributed by atoms with Crippen molar-refractivity contribution in [2.24, 2.45) is 0 Å². The van der Waals surface area contributed by atoms with E-state index in [1.807, 2.05) is 37.3 Å². The van der Waals surface area contributed by atoms with Crippen LogP contribution in [0.15, 0.2) is 71.7 Å². The Morgan fingerprint density at radius 1 is 0.885 bits per heavy atom. The van der Waals surface area contributed by atoms with E-state index in [1.165, 1.54) is 12.1 Å². The lowest BCUT2D eigenvalue weighted by atomic mass is 9.80. The van der Waals surface area contributed by atoms with Gasteiger partial charge >= 0.3 is 0 Å². The summed E-state index contributed by atoms with van der Waals surface area (Å²) in [7, 11) is 0. The van der Waals surface area contributed by atoms with E-state index in [0.717, 1.165) is 16.8 Å². The van der Waals surface area contributed by atoms with Gasteiger partial charge in [0.15, 0.2) is 0 Å². The largest absolute Gasteiger partial charge is 0.357 e. The van der Waals surface area contributed by atoms with Crippen molar-refractivity contribution in [3.63, 3.8) is 0 Å². The van der Waals surface area contributed by atoms with Crippen LogP contribution in [0.25, 0.3) is 5.57 Å². The predicted molar refractivity (Wildman–Crippen MR) is 97.7 cm³/mol. The number of dihydropyridines is 1. The van der Waals surface area contributed by atoms with Crippen LogP contribution in [0.3, 0.4) is 0 Å². The van der Waals surface area contributed by atoms with Crippen molar-refractivity contribution in [3.05, 3.63) is 103 Å². The van der Waals surface area contributed by atoms with E-state index in [2.05, 4.69) is 5.32 Å². The lowest BCUT2D eigenvalue weighted by molar-refractivity contribution is -0.430. The van der Waals surface area contributed by atoms with Gasteiger partial charge in [0.1, 0.15) is 5.92 Å². The molecule has 0 amide bonds. The number of hydrogen-bond acceptors (Lipinski definition) is 5. The number of non-ortho nitro benzene ring substituents is 1. The molecule has 0 bridgehead atoms. The van der Waals surface area contributed by atoms with Crippen LogP contribution in [-0.4, -0.2) is 9.85 Å². The Kier molecular flexibility index (Phi) is 4.53. The summed E-state index contributed by atoms with van der Waals surface area (Å²) in [5, 5.41) is 26.0. The van der Waals surface area contributed by atoms with Gasteiger partial charge in [-0.3, -0.25) is 20.2 Å². The number of benzene rings is 2. The summed E-state index contributed by atoms with van der Waals surface area (Å²) in [6, 6.07) is 15.4. The molecule has 7 heteroatoms. The number of nitrogens with zero attached hydrogens (tertiary/aromatic N) is 2. The van der Waals surface area contributed by atoms with Gasteiger partial charge in [0.05, 0.1) is 15.5 Å². The summed E-state index contributed by atoms with van der Waals surface area (Å²) in [6.45, 7) is 3.50. The molecule has 2 aromatic rings. The van der Waals surface area contributed by atoms with E-state index >= 15 is 0 Å². The predicted octanol–water partition coefficient (Wildman–Crippen LogP) is 4.22. The van der Waals surface area contributed by atoms with E-state index in [9.17, 15) is 20.2 Å². The van der Waals surface area contributed by atoms with Gasteiger partial charge in [-0.05, 0) is 30.5 Å². The van der Waals surface area contributed by atoms with Gasteiger partial charge in [-0.15, -0.1) is 0 Å². The van der Waals surface area contributed by atoms with E-state index in [1.54, 1.807) is 19.1 Å². The lowest BCUT2D eigenvalue weighted by Crippen LogP contribution is -2.27. The zero-order chi connectivity index (χ0) is 18.8. The van der Waals surface area contributed by atoms with Crippen LogP contribution in [0.4, 0.5) is 5.69 Å². The summed E-state index contributed by atoms with van der Waals surface area (Å²) in [5.41, 5.74) is 3.22. The maximum absolute atomic E-state index is 11.8. The summed E-state index contributed by atoms with van der Waals surface area (Å²) < 4.78 is 0. The van der Waals surface area contributed by atoms with Crippen molar-refractivity contribution in [2.75, 3.05) is 0 Å². The molecule has 0 aliphatic carbocycles. The van der Waals surface area contributed by atoms with E-state index in [-0.39, 0.29) is 11.4 Å². The van der Waals surface area contributed by atoms with Crippen LogP contribution in [0.1, 0.15) is 30.9 Å². The molecule has 3 rings (SSSR count). The third-order valence-corrected chi connectivity index (χ3v) is 4.42. The van der Waals surface area contributed by atoms with Gasteiger partial charge in [0.25, 0.3) is 11.4 Å². The van der Waals surface area contributed by atoms with Crippen molar-refractivity contribution in [3.8, 4) is 0 Å². The number of allylic oxidation sites excluding steroid dienone is 3. The standard InChI is InChI=1S/C19H17N3O4/c1-12-17(14-7-4-3-5-8-14)18(19(22(25)26)13(2)20-12)15-9-6-10-16(11-15)21(23)24/h3-11,18,20H,1-2H3. The molecular formula is C19H17N3O4. The smallest absolute Gasteiger partial charge is 0.276 e. The summed E-state index contributed by atoms with van der Waals surface area (Å²) >= 11 is 0. The monoisotopic (exact) mass is 351 g/mol. The summed E-state index contributed by atoms with van der Waals surface area (Å²) in [5.74, 6) is -0.700. The molecule has 0 fully saturated rings. The molecule has 1 N–H and O–H groups in total. The first-order chi connectivity index (χ1) is 12.4.